The third kappa shape index (κ3) is 3.54. The predicted molar refractivity (Wildman–Crippen MR) is 77.5 cm³/mol. The zero-order valence-electron chi connectivity index (χ0n) is 10.4. The van der Waals surface area contributed by atoms with E-state index in [1.54, 1.807) is 11.3 Å². The third-order valence-corrected chi connectivity index (χ3v) is 4.66. The second kappa shape index (κ2) is 6.14. The van der Waals surface area contributed by atoms with Crippen molar-refractivity contribution in [2.45, 2.75) is 19.5 Å². The van der Waals surface area contributed by atoms with E-state index in [1.165, 1.54) is 4.88 Å². The molecule has 0 saturated carbocycles. The lowest BCUT2D eigenvalue weighted by atomic mass is 10.1. The molecule has 0 aromatic carbocycles. The van der Waals surface area contributed by atoms with Gasteiger partial charge in [-0.3, -0.25) is 9.69 Å². The summed E-state index contributed by atoms with van der Waals surface area (Å²) in [5.41, 5.74) is 5.71. The minimum atomic E-state index is 0.189. The Labute approximate surface area is 120 Å². The Bertz CT molecular complexity index is 417. The first-order valence-corrected chi connectivity index (χ1v) is 7.69. The van der Waals surface area contributed by atoms with E-state index in [4.69, 9.17) is 5.73 Å². The smallest absolute Gasteiger partial charge is 0.237 e. The molecule has 18 heavy (non-hydrogen) atoms. The van der Waals surface area contributed by atoms with Gasteiger partial charge in [0.05, 0.1) is 16.9 Å². The Morgan fingerprint density at radius 2 is 2.33 bits per heavy atom. The highest BCUT2D eigenvalue weighted by molar-refractivity contribution is 9.11. The number of rotatable bonds is 5. The lowest BCUT2D eigenvalue weighted by molar-refractivity contribution is -0.133. The van der Waals surface area contributed by atoms with Crippen molar-refractivity contribution >= 4 is 33.2 Å². The minimum Gasteiger partial charge on any atom is -0.337 e. The molecular formula is C12H18BrN3OS. The number of halogens is 1. The molecule has 0 unspecified atom stereocenters. The minimum absolute atomic E-state index is 0.189. The highest BCUT2D eigenvalue weighted by Crippen LogP contribution is 2.23. The van der Waals surface area contributed by atoms with Gasteiger partial charge >= 0.3 is 0 Å². The van der Waals surface area contributed by atoms with Crippen molar-refractivity contribution in [3.63, 3.8) is 0 Å². The molecule has 0 aliphatic carbocycles. The number of likely N-dealkylation sites (N-methyl/N-ethyl adjacent to an activating group) is 1. The molecule has 0 spiro atoms. The van der Waals surface area contributed by atoms with Gasteiger partial charge in [-0.2, -0.15) is 0 Å². The summed E-state index contributed by atoms with van der Waals surface area (Å²) in [5.74, 6) is 0.189. The number of carbonyl (C=O) groups excluding carboxylic acids is 1. The van der Waals surface area contributed by atoms with Crippen molar-refractivity contribution in [2.75, 3.05) is 26.2 Å². The highest BCUT2D eigenvalue weighted by atomic mass is 79.9. The maximum atomic E-state index is 12.1. The van der Waals surface area contributed by atoms with Gasteiger partial charge in [0.2, 0.25) is 5.91 Å². The van der Waals surface area contributed by atoms with E-state index in [2.05, 4.69) is 26.9 Å². The molecule has 0 bridgehead atoms. The molecule has 1 fully saturated rings. The fraction of sp³-hybridized carbons (Fsp3) is 0.583. The lowest BCUT2D eigenvalue weighted by Gasteiger charge is -2.37. The average Bonchev–Trinajstić information content (AvgIpc) is 2.69. The van der Waals surface area contributed by atoms with Crippen molar-refractivity contribution in [1.82, 2.24) is 9.80 Å². The molecule has 0 atom stereocenters. The van der Waals surface area contributed by atoms with Crippen molar-refractivity contribution in [2.24, 2.45) is 5.73 Å². The molecule has 1 aliphatic rings. The molecule has 1 amide bonds. The standard InChI is InChI=1S/C12H18BrN3OS/c1-2-16(7-10-3-4-11(13)18-10)12(17)8-15-5-9(14)6-15/h3-4,9H,2,5-8,14H2,1H3. The number of thiophene rings is 1. The summed E-state index contributed by atoms with van der Waals surface area (Å²) in [4.78, 5) is 17.3. The van der Waals surface area contributed by atoms with Crippen LogP contribution in [0.25, 0.3) is 0 Å². The molecule has 1 aliphatic heterocycles. The molecule has 2 heterocycles. The Morgan fingerprint density at radius 3 is 2.83 bits per heavy atom. The fourth-order valence-electron chi connectivity index (χ4n) is 2.03. The van der Waals surface area contributed by atoms with Gasteiger partial charge in [0, 0.05) is 30.6 Å². The predicted octanol–water partition coefficient (Wildman–Crippen LogP) is 1.50. The van der Waals surface area contributed by atoms with Crippen LogP contribution in [-0.2, 0) is 11.3 Å². The summed E-state index contributed by atoms with van der Waals surface area (Å²) >= 11 is 5.12. The van der Waals surface area contributed by atoms with Gasteiger partial charge in [0.25, 0.3) is 0 Å². The summed E-state index contributed by atoms with van der Waals surface area (Å²) in [6.45, 7) is 5.64. The van der Waals surface area contributed by atoms with Crippen LogP contribution in [0.1, 0.15) is 11.8 Å². The maximum Gasteiger partial charge on any atom is 0.237 e. The van der Waals surface area contributed by atoms with Crippen LogP contribution < -0.4 is 5.73 Å². The van der Waals surface area contributed by atoms with Gasteiger partial charge < -0.3 is 10.6 Å². The second-order valence-electron chi connectivity index (χ2n) is 4.57. The Balaban J connectivity index is 1.85. The molecule has 4 nitrogen and oxygen atoms in total. The van der Waals surface area contributed by atoms with E-state index >= 15 is 0 Å². The van der Waals surface area contributed by atoms with Crippen LogP contribution in [0.15, 0.2) is 15.9 Å². The van der Waals surface area contributed by atoms with E-state index in [9.17, 15) is 4.79 Å². The first-order chi connectivity index (χ1) is 8.58. The summed E-state index contributed by atoms with van der Waals surface area (Å²) < 4.78 is 1.11. The van der Waals surface area contributed by atoms with E-state index in [-0.39, 0.29) is 11.9 Å². The summed E-state index contributed by atoms with van der Waals surface area (Å²) in [6.07, 6.45) is 0. The number of nitrogens with zero attached hydrogens (tertiary/aromatic N) is 2. The van der Waals surface area contributed by atoms with Crippen molar-refractivity contribution in [1.29, 1.82) is 0 Å². The lowest BCUT2D eigenvalue weighted by Crippen LogP contribution is -2.58. The molecule has 2 N–H and O–H groups in total. The van der Waals surface area contributed by atoms with Crippen LogP contribution in [0, 0.1) is 0 Å². The zero-order valence-corrected chi connectivity index (χ0v) is 12.8. The van der Waals surface area contributed by atoms with Crippen molar-refractivity contribution < 1.29 is 4.79 Å². The molecular weight excluding hydrogens is 314 g/mol. The molecule has 1 aromatic rings. The van der Waals surface area contributed by atoms with E-state index in [0.717, 1.165) is 23.4 Å². The van der Waals surface area contributed by atoms with Crippen LogP contribution in [-0.4, -0.2) is 47.9 Å². The Hall–Kier alpha value is -0.430. The van der Waals surface area contributed by atoms with Gasteiger partial charge in [0.15, 0.2) is 0 Å². The van der Waals surface area contributed by atoms with Gasteiger partial charge in [0.1, 0.15) is 0 Å². The number of hydrogen-bond acceptors (Lipinski definition) is 4. The van der Waals surface area contributed by atoms with E-state index < -0.39 is 0 Å². The molecule has 6 heteroatoms. The largest absolute Gasteiger partial charge is 0.337 e. The second-order valence-corrected chi connectivity index (χ2v) is 7.12. The van der Waals surface area contributed by atoms with Crippen LogP contribution >= 0.6 is 27.3 Å². The van der Waals surface area contributed by atoms with Crippen LogP contribution in [0.4, 0.5) is 0 Å². The van der Waals surface area contributed by atoms with E-state index in [0.29, 0.717) is 13.1 Å². The van der Waals surface area contributed by atoms with Crippen LogP contribution in [0.5, 0.6) is 0 Å². The number of carbonyl (C=O) groups is 1. The first-order valence-electron chi connectivity index (χ1n) is 6.08. The van der Waals surface area contributed by atoms with Gasteiger partial charge in [-0.1, -0.05) is 0 Å². The van der Waals surface area contributed by atoms with Crippen LogP contribution in [0.2, 0.25) is 0 Å². The van der Waals surface area contributed by atoms with E-state index in [1.807, 2.05) is 17.9 Å². The summed E-state index contributed by atoms with van der Waals surface area (Å²) in [7, 11) is 0. The van der Waals surface area contributed by atoms with Crippen molar-refractivity contribution in [3.8, 4) is 0 Å². The monoisotopic (exact) mass is 331 g/mol. The van der Waals surface area contributed by atoms with Gasteiger partial charge in [-0.05, 0) is 35.0 Å². The number of amides is 1. The SMILES string of the molecule is CCN(Cc1ccc(Br)s1)C(=O)CN1CC(N)C1. The number of nitrogens with two attached hydrogens (primary N) is 1. The summed E-state index contributed by atoms with van der Waals surface area (Å²) in [6, 6.07) is 4.33. The van der Waals surface area contributed by atoms with Crippen LogP contribution in [0.3, 0.4) is 0 Å². The van der Waals surface area contributed by atoms with Gasteiger partial charge in [-0.25, -0.2) is 0 Å². The molecule has 2 rings (SSSR count). The number of likely N-dealkylation sites (tertiary alicyclic amines) is 1. The van der Waals surface area contributed by atoms with Gasteiger partial charge in [-0.15, -0.1) is 11.3 Å². The maximum absolute atomic E-state index is 12.1. The average molecular weight is 332 g/mol. The first kappa shape index (κ1) is 14.0. The normalized spacial score (nSPS) is 16.6. The summed E-state index contributed by atoms with van der Waals surface area (Å²) in [5, 5.41) is 0. The topological polar surface area (TPSA) is 49.6 Å². The molecule has 100 valence electrons. The number of hydrogen-bond donors (Lipinski definition) is 1. The Kier molecular flexibility index (Phi) is 4.77. The molecule has 1 aromatic heterocycles. The molecule has 1 saturated heterocycles. The molecule has 0 radical (unpaired) electrons. The quantitative estimate of drug-likeness (QED) is 0.889. The zero-order chi connectivity index (χ0) is 13.1. The fourth-order valence-corrected chi connectivity index (χ4v) is 3.53. The Morgan fingerprint density at radius 1 is 1.61 bits per heavy atom. The highest BCUT2D eigenvalue weighted by Gasteiger charge is 2.26. The third-order valence-electron chi connectivity index (χ3n) is 3.05. The van der Waals surface area contributed by atoms with Crippen molar-refractivity contribution in [3.05, 3.63) is 20.8 Å².